The highest BCUT2D eigenvalue weighted by Crippen LogP contribution is 2.19. The Morgan fingerprint density at radius 1 is 1.58 bits per heavy atom. The molecule has 0 unspecified atom stereocenters. The lowest BCUT2D eigenvalue weighted by Gasteiger charge is -1.93. The van der Waals surface area contributed by atoms with Gasteiger partial charge in [-0.3, -0.25) is 4.98 Å². The minimum Gasteiger partial charge on any atom is -0.303 e. The van der Waals surface area contributed by atoms with Crippen molar-refractivity contribution in [3.63, 3.8) is 0 Å². The number of aromatic nitrogens is 1. The summed E-state index contributed by atoms with van der Waals surface area (Å²) in [7, 11) is 0. The van der Waals surface area contributed by atoms with Crippen LogP contribution in [0.15, 0.2) is 23.7 Å². The van der Waals surface area contributed by atoms with Crippen molar-refractivity contribution in [1.82, 2.24) is 4.98 Å². The van der Waals surface area contributed by atoms with Crippen LogP contribution in [0.25, 0.3) is 10.1 Å². The summed E-state index contributed by atoms with van der Waals surface area (Å²) in [6.07, 6.45) is 3.10. The fourth-order valence-electron chi connectivity index (χ4n) is 1.11. The van der Waals surface area contributed by atoms with Crippen molar-refractivity contribution in [1.29, 1.82) is 0 Å². The standard InChI is InChI=1S/C9H7NOS/c11-3-1-8-5-7-2-4-12-9(7)6-10-8/h2-6H,1H2. The summed E-state index contributed by atoms with van der Waals surface area (Å²) >= 11 is 1.66. The van der Waals surface area contributed by atoms with Gasteiger partial charge in [-0.25, -0.2) is 0 Å². The molecule has 0 aromatic carbocycles. The van der Waals surface area contributed by atoms with E-state index in [-0.39, 0.29) is 0 Å². The van der Waals surface area contributed by atoms with Gasteiger partial charge in [0, 0.05) is 18.3 Å². The van der Waals surface area contributed by atoms with Crippen molar-refractivity contribution in [2.24, 2.45) is 0 Å². The summed E-state index contributed by atoms with van der Waals surface area (Å²) in [6.45, 7) is 0. The lowest BCUT2D eigenvalue weighted by atomic mass is 10.2. The minimum absolute atomic E-state index is 0.409. The monoisotopic (exact) mass is 177 g/mol. The topological polar surface area (TPSA) is 30.0 Å². The Kier molecular flexibility index (Phi) is 1.87. The summed E-state index contributed by atoms with van der Waals surface area (Å²) in [5.74, 6) is 0. The zero-order valence-electron chi connectivity index (χ0n) is 6.36. The van der Waals surface area contributed by atoms with Crippen molar-refractivity contribution in [2.75, 3.05) is 0 Å². The number of pyridine rings is 1. The molecule has 0 radical (unpaired) electrons. The molecule has 0 saturated heterocycles. The second kappa shape index (κ2) is 3.03. The minimum atomic E-state index is 0.409. The molecule has 0 spiro atoms. The van der Waals surface area contributed by atoms with E-state index in [1.807, 2.05) is 23.7 Å². The van der Waals surface area contributed by atoms with Crippen molar-refractivity contribution >= 4 is 27.7 Å². The third kappa shape index (κ3) is 1.23. The molecular weight excluding hydrogens is 170 g/mol. The number of carbonyl (C=O) groups is 1. The molecule has 3 heteroatoms. The van der Waals surface area contributed by atoms with Gasteiger partial charge in [-0.1, -0.05) is 0 Å². The normalized spacial score (nSPS) is 10.3. The second-order valence-electron chi connectivity index (χ2n) is 2.50. The third-order valence-electron chi connectivity index (χ3n) is 1.69. The molecule has 0 amide bonds. The van der Waals surface area contributed by atoms with Crippen LogP contribution < -0.4 is 0 Å². The molecule has 2 aromatic heterocycles. The predicted octanol–water partition coefficient (Wildman–Crippen LogP) is 2.04. The number of nitrogens with zero attached hydrogens (tertiary/aromatic N) is 1. The maximum absolute atomic E-state index is 10.2. The number of thiophene rings is 1. The predicted molar refractivity (Wildman–Crippen MR) is 49.4 cm³/mol. The first-order chi connectivity index (χ1) is 5.90. The maximum Gasteiger partial charge on any atom is 0.125 e. The van der Waals surface area contributed by atoms with Gasteiger partial charge in [-0.2, -0.15) is 0 Å². The second-order valence-corrected chi connectivity index (χ2v) is 3.45. The molecule has 0 N–H and O–H groups in total. The van der Waals surface area contributed by atoms with Crippen molar-refractivity contribution in [3.8, 4) is 0 Å². The van der Waals surface area contributed by atoms with E-state index in [0.29, 0.717) is 6.42 Å². The first kappa shape index (κ1) is 7.43. The van der Waals surface area contributed by atoms with E-state index in [1.54, 1.807) is 11.3 Å². The molecule has 2 heterocycles. The fourth-order valence-corrected chi connectivity index (χ4v) is 1.85. The number of fused-ring (bicyclic) bond motifs is 1. The van der Waals surface area contributed by atoms with Crippen LogP contribution in [0.5, 0.6) is 0 Å². The summed E-state index contributed by atoms with van der Waals surface area (Å²) < 4.78 is 1.17. The molecular formula is C9H7NOS. The van der Waals surface area contributed by atoms with Crippen LogP contribution in [-0.4, -0.2) is 11.3 Å². The number of hydrogen-bond donors (Lipinski definition) is 0. The molecule has 0 fully saturated rings. The van der Waals surface area contributed by atoms with Gasteiger partial charge in [0.05, 0.1) is 4.70 Å². The van der Waals surface area contributed by atoms with Gasteiger partial charge in [0.1, 0.15) is 6.29 Å². The van der Waals surface area contributed by atoms with Crippen LogP contribution >= 0.6 is 11.3 Å². The van der Waals surface area contributed by atoms with E-state index >= 15 is 0 Å². The maximum atomic E-state index is 10.2. The molecule has 2 nitrogen and oxygen atoms in total. The van der Waals surface area contributed by atoms with Gasteiger partial charge < -0.3 is 4.79 Å². The van der Waals surface area contributed by atoms with Crippen LogP contribution in [0.4, 0.5) is 0 Å². The largest absolute Gasteiger partial charge is 0.303 e. The summed E-state index contributed by atoms with van der Waals surface area (Å²) in [5, 5.41) is 3.20. The number of carbonyl (C=O) groups excluding carboxylic acids is 1. The SMILES string of the molecule is O=CCc1cc2ccsc2cn1. The van der Waals surface area contributed by atoms with E-state index in [0.717, 1.165) is 12.0 Å². The van der Waals surface area contributed by atoms with Crippen LogP contribution in [0, 0.1) is 0 Å². The number of aldehydes is 1. The molecule has 2 aromatic rings. The van der Waals surface area contributed by atoms with Crippen LogP contribution in [0.1, 0.15) is 5.69 Å². The number of rotatable bonds is 2. The van der Waals surface area contributed by atoms with Crippen LogP contribution in [0.3, 0.4) is 0 Å². The Balaban J connectivity index is 2.52. The highest BCUT2D eigenvalue weighted by atomic mass is 32.1. The van der Waals surface area contributed by atoms with Gasteiger partial charge in [0.2, 0.25) is 0 Å². The van der Waals surface area contributed by atoms with Gasteiger partial charge in [-0.05, 0) is 22.9 Å². The Morgan fingerprint density at radius 3 is 3.33 bits per heavy atom. The van der Waals surface area contributed by atoms with E-state index < -0.39 is 0 Å². The zero-order chi connectivity index (χ0) is 8.39. The smallest absolute Gasteiger partial charge is 0.125 e. The molecule has 0 aliphatic heterocycles. The average molecular weight is 177 g/mol. The Hall–Kier alpha value is -1.22. The van der Waals surface area contributed by atoms with E-state index in [4.69, 9.17) is 0 Å². The summed E-state index contributed by atoms with van der Waals surface area (Å²) in [6, 6.07) is 4.00. The Bertz CT molecular complexity index is 408. The van der Waals surface area contributed by atoms with Crippen molar-refractivity contribution < 1.29 is 4.79 Å². The molecule has 12 heavy (non-hydrogen) atoms. The lowest BCUT2D eigenvalue weighted by Crippen LogP contribution is -1.88. The van der Waals surface area contributed by atoms with Gasteiger partial charge >= 0.3 is 0 Å². The van der Waals surface area contributed by atoms with Gasteiger partial charge in [-0.15, -0.1) is 11.3 Å². The quantitative estimate of drug-likeness (QED) is 0.657. The summed E-state index contributed by atoms with van der Waals surface area (Å²) in [5.41, 5.74) is 0.843. The molecule has 0 aliphatic rings. The van der Waals surface area contributed by atoms with Crippen molar-refractivity contribution in [2.45, 2.75) is 6.42 Å². The highest BCUT2D eigenvalue weighted by Gasteiger charge is 1.97. The summed E-state index contributed by atoms with van der Waals surface area (Å²) in [4.78, 5) is 14.4. The molecule has 60 valence electrons. The molecule has 0 saturated carbocycles. The van der Waals surface area contributed by atoms with Crippen molar-refractivity contribution in [3.05, 3.63) is 29.4 Å². The third-order valence-corrected chi connectivity index (χ3v) is 2.56. The Morgan fingerprint density at radius 2 is 2.50 bits per heavy atom. The van der Waals surface area contributed by atoms with E-state index in [1.165, 1.54) is 10.1 Å². The zero-order valence-corrected chi connectivity index (χ0v) is 7.17. The molecule has 2 rings (SSSR count). The average Bonchev–Trinajstić information content (AvgIpc) is 2.51. The van der Waals surface area contributed by atoms with Gasteiger partial charge in [0.25, 0.3) is 0 Å². The number of hydrogen-bond acceptors (Lipinski definition) is 3. The van der Waals surface area contributed by atoms with E-state index in [2.05, 4.69) is 4.98 Å². The van der Waals surface area contributed by atoms with E-state index in [9.17, 15) is 4.79 Å². The van der Waals surface area contributed by atoms with Gasteiger partial charge in [0.15, 0.2) is 0 Å². The van der Waals surface area contributed by atoms with Crippen LogP contribution in [-0.2, 0) is 11.2 Å². The molecule has 0 aliphatic carbocycles. The first-order valence-corrected chi connectivity index (χ1v) is 4.54. The van der Waals surface area contributed by atoms with Crippen LogP contribution in [0.2, 0.25) is 0 Å². The lowest BCUT2D eigenvalue weighted by molar-refractivity contribution is -0.107. The molecule has 0 bridgehead atoms. The highest BCUT2D eigenvalue weighted by molar-refractivity contribution is 7.17. The molecule has 0 atom stereocenters. The first-order valence-electron chi connectivity index (χ1n) is 3.66. The Labute approximate surface area is 73.9 Å². The fraction of sp³-hybridized carbons (Fsp3) is 0.111.